The first-order valence-electron chi connectivity index (χ1n) is 21.6. The third kappa shape index (κ3) is 6.68. The third-order valence-corrected chi connectivity index (χ3v) is 12.3. The zero-order valence-corrected chi connectivity index (χ0v) is 35.5. The van der Waals surface area contributed by atoms with Crippen LogP contribution in [-0.4, -0.2) is 26.1 Å². The predicted octanol–water partition coefficient (Wildman–Crippen LogP) is 14.2. The number of hydrogen-bond acceptors (Lipinski definition) is 4. The van der Waals surface area contributed by atoms with E-state index in [2.05, 4.69) is 120 Å². The van der Waals surface area contributed by atoms with E-state index in [4.69, 9.17) is 9.47 Å². The minimum Gasteiger partial charge on any atom is -0.505 e. The second-order valence-electron chi connectivity index (χ2n) is 16.5. The van der Waals surface area contributed by atoms with Crippen LogP contribution in [0.2, 0.25) is 0 Å². The van der Waals surface area contributed by atoms with Gasteiger partial charge in [0.05, 0.1) is 33.4 Å². The summed E-state index contributed by atoms with van der Waals surface area (Å²) in [5, 5.41) is 30.1. The number of nitrogens with zero attached hydrogens (tertiary/aromatic N) is 2. The molecule has 11 rings (SSSR count). The summed E-state index contributed by atoms with van der Waals surface area (Å²) in [6.07, 6.45) is 0.597. The minimum atomic E-state index is -0.124. The molecule has 0 radical (unpaired) electrons. The fourth-order valence-corrected chi connectivity index (χ4v) is 9.49. The first-order chi connectivity index (χ1) is 31.4. The van der Waals surface area contributed by atoms with Crippen molar-refractivity contribution in [3.05, 3.63) is 216 Å². The Morgan fingerprint density at radius 2 is 0.781 bits per heavy atom. The molecule has 0 atom stereocenters. The van der Waals surface area contributed by atoms with Gasteiger partial charge in [-0.15, -0.1) is 0 Å². The minimum absolute atomic E-state index is 0.105. The molecule has 11 aromatic rings. The molecule has 6 nitrogen and oxygen atoms in total. The van der Waals surface area contributed by atoms with E-state index >= 15 is 0 Å². The highest BCUT2D eigenvalue weighted by molar-refractivity contribution is 6.11. The molecule has 64 heavy (non-hydrogen) atoms. The van der Waals surface area contributed by atoms with Crippen molar-refractivity contribution in [2.24, 2.45) is 0 Å². The van der Waals surface area contributed by atoms with E-state index in [-0.39, 0.29) is 18.3 Å². The number of hydrogen-bond donors (Lipinski definition) is 2. The average molecular weight is 833 g/mol. The van der Waals surface area contributed by atoms with E-state index in [9.17, 15) is 10.2 Å². The van der Waals surface area contributed by atoms with Gasteiger partial charge in [0.2, 0.25) is 6.79 Å². The van der Waals surface area contributed by atoms with Gasteiger partial charge in [0.15, 0.2) is 0 Å². The van der Waals surface area contributed by atoms with Crippen LogP contribution in [0.25, 0.3) is 77.2 Å². The van der Waals surface area contributed by atoms with Crippen LogP contribution in [-0.2, 0) is 6.42 Å². The first-order valence-corrected chi connectivity index (χ1v) is 21.6. The number of fused-ring (bicyclic) bond motifs is 6. The Labute approximate surface area is 371 Å². The molecule has 2 N–H and O–H groups in total. The van der Waals surface area contributed by atoms with Crippen LogP contribution in [0.3, 0.4) is 0 Å². The lowest BCUT2D eigenvalue weighted by molar-refractivity contribution is 0.121. The van der Waals surface area contributed by atoms with Gasteiger partial charge in [0, 0.05) is 43.8 Å². The van der Waals surface area contributed by atoms with Crippen molar-refractivity contribution in [3.8, 4) is 56.6 Å². The van der Waals surface area contributed by atoms with Crippen LogP contribution in [0.1, 0.15) is 22.3 Å². The van der Waals surface area contributed by atoms with E-state index in [1.807, 2.05) is 97.1 Å². The van der Waals surface area contributed by atoms with E-state index in [0.717, 1.165) is 65.9 Å². The molecule has 6 heteroatoms. The Morgan fingerprint density at radius 1 is 0.391 bits per heavy atom. The second kappa shape index (κ2) is 15.9. The van der Waals surface area contributed by atoms with Crippen molar-refractivity contribution in [1.82, 2.24) is 9.13 Å². The smallest absolute Gasteiger partial charge is 0.230 e. The molecule has 0 amide bonds. The Balaban J connectivity index is 1.19. The highest BCUT2D eigenvalue weighted by Gasteiger charge is 2.26. The largest absolute Gasteiger partial charge is 0.505 e. The van der Waals surface area contributed by atoms with Gasteiger partial charge in [-0.3, -0.25) is 0 Å². The molecule has 0 unspecified atom stereocenters. The number of aromatic nitrogens is 2. The summed E-state index contributed by atoms with van der Waals surface area (Å²) in [4.78, 5) is 0. The predicted molar refractivity (Wildman–Crippen MR) is 261 cm³/mol. The number of rotatable bonds is 10. The van der Waals surface area contributed by atoms with Crippen molar-refractivity contribution in [2.75, 3.05) is 6.79 Å². The highest BCUT2D eigenvalue weighted by Crippen LogP contribution is 2.50. The molecule has 9 aromatic carbocycles. The van der Waals surface area contributed by atoms with E-state index < -0.39 is 0 Å². The highest BCUT2D eigenvalue weighted by atomic mass is 16.7. The molecule has 0 aliphatic rings. The topological polar surface area (TPSA) is 68.8 Å². The monoisotopic (exact) mass is 832 g/mol. The van der Waals surface area contributed by atoms with Crippen molar-refractivity contribution >= 4 is 43.6 Å². The SMILES string of the molecule is Cc1cc(-c2cc(Cc3ccccc3)cc(-c3cc(C)cc(-n4c5ccccc5c5ccccc54)c3O)c2OCOc2ccccc2)c(O)c(-n2c3ccccc3c3ccccc32)c1. The fourth-order valence-electron chi connectivity index (χ4n) is 9.49. The first kappa shape index (κ1) is 38.7. The van der Waals surface area contributed by atoms with Gasteiger partial charge in [0.1, 0.15) is 23.0 Å². The second-order valence-corrected chi connectivity index (χ2v) is 16.5. The Bertz CT molecular complexity index is 3250. The van der Waals surface area contributed by atoms with Crippen LogP contribution in [0.15, 0.2) is 194 Å². The molecule has 0 fully saturated rings. The number of benzene rings is 9. The standard InChI is InChI=1S/C58H44N2O4/c1-37-29-46(56(61)54(31-37)59-50-25-13-9-21-42(50)43-22-10-14-26-51(43)59)48-34-40(33-39-17-5-3-6-18-39)35-49(58(48)64-36-63-41-19-7-4-8-20-41)47-30-38(2)32-55(57(47)62)60-52-27-15-11-23-44(52)45-24-12-16-28-53(45)60/h3-32,34-35,61-62H,33,36H2,1-2H3. The average Bonchev–Trinajstić information content (AvgIpc) is 3.84. The molecule has 0 saturated heterocycles. The molecular formula is C58H44N2O4. The Hall–Kier alpha value is -8.22. The number of ether oxygens (including phenoxy) is 2. The van der Waals surface area contributed by atoms with E-state index in [1.54, 1.807) is 0 Å². The molecule has 0 aliphatic carbocycles. The lowest BCUT2D eigenvalue weighted by Gasteiger charge is -2.23. The van der Waals surface area contributed by atoms with Gasteiger partial charge in [-0.1, -0.05) is 121 Å². The molecule has 0 bridgehead atoms. The molecule has 2 aromatic heterocycles. The number of para-hydroxylation sites is 5. The van der Waals surface area contributed by atoms with Crippen LogP contribution in [0.5, 0.6) is 23.0 Å². The van der Waals surface area contributed by atoms with Crippen LogP contribution in [0, 0.1) is 13.8 Å². The quantitative estimate of drug-likeness (QED) is 0.135. The summed E-state index contributed by atoms with van der Waals surface area (Å²) in [5.41, 5.74) is 11.8. The van der Waals surface area contributed by atoms with E-state index in [1.165, 1.54) is 0 Å². The molecular weight excluding hydrogens is 789 g/mol. The van der Waals surface area contributed by atoms with Crippen LogP contribution >= 0.6 is 0 Å². The van der Waals surface area contributed by atoms with Gasteiger partial charge in [0.25, 0.3) is 0 Å². The molecule has 0 saturated carbocycles. The maximum absolute atomic E-state index is 12.8. The Morgan fingerprint density at radius 3 is 1.22 bits per heavy atom. The fraction of sp³-hybridized carbons (Fsp3) is 0.0690. The summed E-state index contributed by atoms with van der Waals surface area (Å²) < 4.78 is 17.4. The number of aromatic hydroxyl groups is 2. The maximum Gasteiger partial charge on any atom is 0.230 e. The summed E-state index contributed by atoms with van der Waals surface area (Å²) in [6, 6.07) is 65.5. The van der Waals surface area contributed by atoms with Crippen molar-refractivity contribution in [1.29, 1.82) is 0 Å². The lowest BCUT2D eigenvalue weighted by Crippen LogP contribution is -2.08. The molecule has 310 valence electrons. The maximum atomic E-state index is 12.8. The third-order valence-electron chi connectivity index (χ3n) is 12.3. The van der Waals surface area contributed by atoms with Crippen LogP contribution < -0.4 is 9.47 Å². The van der Waals surface area contributed by atoms with Crippen molar-refractivity contribution in [3.63, 3.8) is 0 Å². The lowest BCUT2D eigenvalue weighted by atomic mass is 9.90. The normalized spacial score (nSPS) is 11.5. The van der Waals surface area contributed by atoms with Gasteiger partial charge >= 0.3 is 0 Å². The zero-order valence-electron chi connectivity index (χ0n) is 35.5. The van der Waals surface area contributed by atoms with Gasteiger partial charge in [-0.05, 0) is 115 Å². The van der Waals surface area contributed by atoms with Gasteiger partial charge in [-0.2, -0.15) is 0 Å². The summed E-state index contributed by atoms with van der Waals surface area (Å²) >= 11 is 0. The summed E-state index contributed by atoms with van der Waals surface area (Å²) in [6.45, 7) is 3.98. The van der Waals surface area contributed by atoms with Gasteiger partial charge in [-0.25, -0.2) is 0 Å². The van der Waals surface area contributed by atoms with Crippen molar-refractivity contribution < 1.29 is 19.7 Å². The number of aryl methyl sites for hydroxylation is 2. The van der Waals surface area contributed by atoms with Crippen molar-refractivity contribution in [2.45, 2.75) is 20.3 Å². The zero-order chi connectivity index (χ0) is 43.3. The number of phenolic OH excluding ortho intramolecular Hbond substituents is 2. The summed E-state index contributed by atoms with van der Waals surface area (Å²) in [7, 11) is 0. The summed E-state index contributed by atoms with van der Waals surface area (Å²) in [5.74, 6) is 1.34. The molecule has 0 spiro atoms. The van der Waals surface area contributed by atoms with Gasteiger partial charge < -0.3 is 28.8 Å². The molecule has 2 heterocycles. The van der Waals surface area contributed by atoms with E-state index in [0.29, 0.717) is 51.5 Å². The van der Waals surface area contributed by atoms with Crippen LogP contribution in [0.4, 0.5) is 0 Å². The Kier molecular flexibility index (Phi) is 9.62. The number of phenols is 2. The molecule has 0 aliphatic heterocycles.